The number of rotatable bonds is 8. The van der Waals surface area contributed by atoms with E-state index in [0.717, 1.165) is 37.2 Å². The monoisotopic (exact) mass is 501 g/mol. The summed E-state index contributed by atoms with van der Waals surface area (Å²) in [5.74, 6) is 1.17. The zero-order chi connectivity index (χ0) is 26.4. The average Bonchev–Trinajstić information content (AvgIpc) is 2.93. The third-order valence-corrected chi connectivity index (χ3v) is 6.92. The summed E-state index contributed by atoms with van der Waals surface area (Å²) < 4.78 is 10.6. The van der Waals surface area contributed by atoms with Crippen molar-refractivity contribution in [1.82, 2.24) is 5.32 Å². The molecule has 1 aliphatic rings. The summed E-state index contributed by atoms with van der Waals surface area (Å²) in [5, 5.41) is 6.06. The molecule has 37 heavy (non-hydrogen) atoms. The van der Waals surface area contributed by atoms with E-state index in [1.807, 2.05) is 49.4 Å². The fourth-order valence-electron chi connectivity index (χ4n) is 4.60. The van der Waals surface area contributed by atoms with Crippen molar-refractivity contribution in [2.45, 2.75) is 32.7 Å². The van der Waals surface area contributed by atoms with Crippen LogP contribution in [0, 0.1) is 5.92 Å². The molecule has 1 fully saturated rings. The lowest BCUT2D eigenvalue weighted by Gasteiger charge is -2.33. The molecule has 3 aromatic rings. The molecule has 0 radical (unpaired) electrons. The second-order valence-electron chi connectivity index (χ2n) is 9.53. The highest BCUT2D eigenvalue weighted by Gasteiger charge is 2.23. The first kappa shape index (κ1) is 26.1. The summed E-state index contributed by atoms with van der Waals surface area (Å²) in [6, 6.07) is 20.3. The normalized spacial score (nSPS) is 14.5. The van der Waals surface area contributed by atoms with Gasteiger partial charge >= 0.3 is 0 Å². The number of nitrogens with zero attached hydrogens (tertiary/aromatic N) is 1. The van der Waals surface area contributed by atoms with Crippen LogP contribution in [-0.4, -0.2) is 39.1 Å². The van der Waals surface area contributed by atoms with Crippen molar-refractivity contribution in [3.8, 4) is 11.5 Å². The van der Waals surface area contributed by atoms with Crippen LogP contribution in [0.15, 0.2) is 66.7 Å². The van der Waals surface area contributed by atoms with Crippen LogP contribution in [0.5, 0.6) is 11.5 Å². The molecule has 194 valence electrons. The topological polar surface area (TPSA) is 79.9 Å². The van der Waals surface area contributed by atoms with E-state index in [1.165, 1.54) is 7.11 Å². The molecular weight excluding hydrogens is 466 g/mol. The molecule has 3 aromatic carbocycles. The third-order valence-electron chi connectivity index (χ3n) is 6.92. The zero-order valence-electron chi connectivity index (χ0n) is 21.9. The van der Waals surface area contributed by atoms with Crippen LogP contribution >= 0.6 is 0 Å². The molecule has 0 saturated carbocycles. The molecule has 7 heteroatoms. The minimum atomic E-state index is -0.330. The summed E-state index contributed by atoms with van der Waals surface area (Å²) in [7, 11) is 3.07. The van der Waals surface area contributed by atoms with E-state index in [-0.39, 0.29) is 17.9 Å². The molecule has 0 spiro atoms. The molecule has 0 aliphatic carbocycles. The van der Waals surface area contributed by atoms with Crippen molar-refractivity contribution in [2.75, 3.05) is 37.5 Å². The Labute approximate surface area is 218 Å². The highest BCUT2D eigenvalue weighted by atomic mass is 16.5. The molecule has 1 aliphatic heterocycles. The van der Waals surface area contributed by atoms with Gasteiger partial charge in [0.15, 0.2) is 0 Å². The molecule has 0 bridgehead atoms. The standard InChI is InChI=1S/C30H35N3O4/c1-20-14-16-33(17-15-20)27-13-10-23(32-29(34)25-12-11-24(36-3)19-28(25)37-4)18-26(27)30(35)31-21(2)22-8-6-5-7-9-22/h5-13,18-21H,14-17H2,1-4H3,(H,31,35)(H,32,34). The Kier molecular flexibility index (Phi) is 8.33. The fraction of sp³-hybridized carbons (Fsp3) is 0.333. The third kappa shape index (κ3) is 6.23. The van der Waals surface area contributed by atoms with E-state index in [2.05, 4.69) is 22.5 Å². The first-order valence-electron chi connectivity index (χ1n) is 12.7. The van der Waals surface area contributed by atoms with Gasteiger partial charge in [0.1, 0.15) is 11.5 Å². The van der Waals surface area contributed by atoms with E-state index >= 15 is 0 Å². The SMILES string of the molecule is COc1ccc(C(=O)Nc2ccc(N3CCC(C)CC3)c(C(=O)NC(C)c3ccccc3)c2)c(OC)c1. The molecule has 1 unspecified atom stereocenters. The lowest BCUT2D eigenvalue weighted by molar-refractivity contribution is 0.0939. The molecule has 2 N–H and O–H groups in total. The Morgan fingerprint density at radius 2 is 1.62 bits per heavy atom. The smallest absolute Gasteiger partial charge is 0.259 e. The van der Waals surface area contributed by atoms with Crippen LogP contribution in [0.4, 0.5) is 11.4 Å². The number of nitrogens with one attached hydrogen (secondary N) is 2. The zero-order valence-corrected chi connectivity index (χ0v) is 21.9. The van der Waals surface area contributed by atoms with Gasteiger partial charge in [-0.2, -0.15) is 0 Å². The van der Waals surface area contributed by atoms with E-state index < -0.39 is 0 Å². The van der Waals surface area contributed by atoms with Gasteiger partial charge in [-0.3, -0.25) is 9.59 Å². The van der Waals surface area contributed by atoms with E-state index in [9.17, 15) is 9.59 Å². The molecule has 0 aromatic heterocycles. The lowest BCUT2D eigenvalue weighted by Crippen LogP contribution is -2.35. The highest BCUT2D eigenvalue weighted by Crippen LogP contribution is 2.30. The van der Waals surface area contributed by atoms with Gasteiger partial charge in [-0.1, -0.05) is 37.3 Å². The number of hydrogen-bond donors (Lipinski definition) is 2. The number of hydrogen-bond acceptors (Lipinski definition) is 5. The number of benzene rings is 3. The largest absolute Gasteiger partial charge is 0.497 e. The van der Waals surface area contributed by atoms with Crippen LogP contribution < -0.4 is 25.0 Å². The maximum Gasteiger partial charge on any atom is 0.259 e. The van der Waals surface area contributed by atoms with Crippen molar-refractivity contribution < 1.29 is 19.1 Å². The highest BCUT2D eigenvalue weighted by molar-refractivity contribution is 6.08. The molecule has 1 atom stereocenters. The summed E-state index contributed by atoms with van der Waals surface area (Å²) in [6.07, 6.45) is 2.16. The quantitative estimate of drug-likeness (QED) is 0.415. The lowest BCUT2D eigenvalue weighted by atomic mass is 9.97. The van der Waals surface area contributed by atoms with Crippen molar-refractivity contribution in [1.29, 1.82) is 0 Å². The average molecular weight is 502 g/mol. The van der Waals surface area contributed by atoms with Crippen molar-refractivity contribution >= 4 is 23.2 Å². The predicted octanol–water partition coefficient (Wildman–Crippen LogP) is 5.68. The Morgan fingerprint density at radius 3 is 2.30 bits per heavy atom. The Hall–Kier alpha value is -4.00. The number of piperidine rings is 1. The second kappa shape index (κ2) is 11.8. The van der Waals surface area contributed by atoms with Crippen molar-refractivity contribution in [3.05, 3.63) is 83.4 Å². The minimum absolute atomic E-state index is 0.162. The van der Waals surface area contributed by atoms with Crippen LogP contribution in [-0.2, 0) is 0 Å². The Morgan fingerprint density at radius 1 is 0.892 bits per heavy atom. The second-order valence-corrected chi connectivity index (χ2v) is 9.53. The van der Waals surface area contributed by atoms with Crippen LogP contribution in [0.2, 0.25) is 0 Å². The number of ether oxygens (including phenoxy) is 2. The summed E-state index contributed by atoms with van der Waals surface area (Å²) in [4.78, 5) is 28.9. The van der Waals surface area contributed by atoms with Crippen molar-refractivity contribution in [3.63, 3.8) is 0 Å². The number of carbonyl (C=O) groups is 2. The van der Waals surface area contributed by atoms with Gasteiger partial charge in [0.05, 0.1) is 31.4 Å². The maximum atomic E-state index is 13.6. The van der Waals surface area contributed by atoms with Crippen molar-refractivity contribution in [2.24, 2.45) is 5.92 Å². The van der Waals surface area contributed by atoms with Gasteiger partial charge in [0.2, 0.25) is 0 Å². The first-order chi connectivity index (χ1) is 17.9. The number of amides is 2. The van der Waals surface area contributed by atoms with Gasteiger partial charge in [-0.15, -0.1) is 0 Å². The first-order valence-corrected chi connectivity index (χ1v) is 12.7. The molecule has 4 rings (SSSR count). The van der Waals surface area contributed by atoms with E-state index in [1.54, 1.807) is 31.4 Å². The molecular formula is C30H35N3O4. The molecule has 1 heterocycles. The van der Waals surface area contributed by atoms with Crippen LogP contribution in [0.3, 0.4) is 0 Å². The van der Waals surface area contributed by atoms with E-state index in [4.69, 9.17) is 9.47 Å². The Bertz CT molecular complexity index is 1240. The van der Waals surface area contributed by atoms with Gasteiger partial charge in [0, 0.05) is 30.5 Å². The van der Waals surface area contributed by atoms with E-state index in [0.29, 0.717) is 34.2 Å². The number of anilines is 2. The summed E-state index contributed by atoms with van der Waals surface area (Å²) in [5.41, 5.74) is 3.36. The minimum Gasteiger partial charge on any atom is -0.497 e. The predicted molar refractivity (Wildman–Crippen MR) is 147 cm³/mol. The van der Waals surface area contributed by atoms with Gasteiger partial charge < -0.3 is 25.0 Å². The summed E-state index contributed by atoms with van der Waals surface area (Å²) in [6.45, 7) is 6.02. The van der Waals surface area contributed by atoms with Gasteiger partial charge in [-0.25, -0.2) is 0 Å². The van der Waals surface area contributed by atoms with Crippen LogP contribution in [0.25, 0.3) is 0 Å². The fourth-order valence-corrected chi connectivity index (χ4v) is 4.60. The molecule has 7 nitrogen and oxygen atoms in total. The Balaban J connectivity index is 1.61. The maximum absolute atomic E-state index is 13.6. The van der Waals surface area contributed by atoms with Crippen LogP contribution in [0.1, 0.15) is 59.0 Å². The number of methoxy groups -OCH3 is 2. The number of carbonyl (C=O) groups excluding carboxylic acids is 2. The van der Waals surface area contributed by atoms with Gasteiger partial charge in [-0.05, 0) is 61.6 Å². The molecule has 1 saturated heterocycles. The molecule has 2 amide bonds. The summed E-state index contributed by atoms with van der Waals surface area (Å²) >= 11 is 0. The van der Waals surface area contributed by atoms with Gasteiger partial charge in [0.25, 0.3) is 11.8 Å².